The summed E-state index contributed by atoms with van der Waals surface area (Å²) in [5, 5.41) is 17.1. The minimum Gasteiger partial charge on any atom is -0.480 e. The van der Waals surface area contributed by atoms with Gasteiger partial charge in [0, 0.05) is 37.3 Å². The van der Waals surface area contributed by atoms with Gasteiger partial charge in [-0.3, -0.25) is 19.1 Å². The van der Waals surface area contributed by atoms with Gasteiger partial charge in [-0.2, -0.15) is 5.10 Å². The fourth-order valence-electron chi connectivity index (χ4n) is 4.53. The number of carboxylic acid groups (broad SMARTS) is 1. The summed E-state index contributed by atoms with van der Waals surface area (Å²) >= 11 is 5.90. The molecule has 11 nitrogen and oxygen atoms in total. The lowest BCUT2D eigenvalue weighted by molar-refractivity contribution is -0.140. The Balaban J connectivity index is 1.48. The van der Waals surface area contributed by atoms with Gasteiger partial charge < -0.3 is 15.3 Å². The number of aromatic nitrogens is 2. The van der Waals surface area contributed by atoms with E-state index < -0.39 is 44.5 Å². The smallest absolute Gasteiger partial charge is 0.321 e. The van der Waals surface area contributed by atoms with Gasteiger partial charge in [0.1, 0.15) is 16.5 Å². The molecule has 1 fully saturated rings. The largest absolute Gasteiger partial charge is 0.480 e. The molecule has 2 aliphatic rings. The number of carbonyl (C=O) groups excluding carboxylic acids is 2. The van der Waals surface area contributed by atoms with Crippen LogP contribution in [-0.4, -0.2) is 69.9 Å². The second kappa shape index (κ2) is 10.1. The van der Waals surface area contributed by atoms with Crippen molar-refractivity contribution in [1.82, 2.24) is 24.7 Å². The van der Waals surface area contributed by atoms with E-state index in [1.165, 1.54) is 9.58 Å². The fourth-order valence-corrected chi connectivity index (χ4v) is 6.58. The molecule has 1 aliphatic carbocycles. The van der Waals surface area contributed by atoms with Crippen molar-refractivity contribution in [3.8, 4) is 0 Å². The van der Waals surface area contributed by atoms with Crippen LogP contribution < -0.4 is 10.0 Å². The van der Waals surface area contributed by atoms with Crippen molar-refractivity contribution >= 4 is 39.4 Å². The van der Waals surface area contributed by atoms with Crippen molar-refractivity contribution in [2.75, 3.05) is 13.1 Å². The normalized spacial score (nSPS) is 17.4. The van der Waals surface area contributed by atoms with Gasteiger partial charge in [-0.05, 0) is 42.9 Å². The maximum absolute atomic E-state index is 13.4. The van der Waals surface area contributed by atoms with Crippen molar-refractivity contribution in [3.05, 3.63) is 51.8 Å². The second-order valence-electron chi connectivity index (χ2n) is 9.95. The second-order valence-corrected chi connectivity index (χ2v) is 12.5. The minimum absolute atomic E-state index is 0.0612. The molecule has 2 amide bonds. The monoisotopic (exact) mass is 551 g/mol. The van der Waals surface area contributed by atoms with E-state index in [4.69, 9.17) is 11.6 Å². The van der Waals surface area contributed by atoms with Crippen molar-refractivity contribution in [2.24, 2.45) is 13.0 Å². The lowest BCUT2D eigenvalue weighted by Gasteiger charge is -2.31. The zero-order valence-corrected chi connectivity index (χ0v) is 22.4. The van der Waals surface area contributed by atoms with E-state index in [1.807, 2.05) is 0 Å². The Bertz CT molecular complexity index is 1330. The summed E-state index contributed by atoms with van der Waals surface area (Å²) in [5.41, 5.74) is 1.79. The molecule has 0 saturated heterocycles. The zero-order valence-electron chi connectivity index (χ0n) is 20.8. The Morgan fingerprint density at radius 1 is 1.22 bits per heavy atom. The van der Waals surface area contributed by atoms with Crippen molar-refractivity contribution in [2.45, 2.75) is 50.4 Å². The number of benzene rings is 1. The van der Waals surface area contributed by atoms with Gasteiger partial charge in [0.05, 0.1) is 0 Å². The Labute approximate surface area is 220 Å². The van der Waals surface area contributed by atoms with Crippen LogP contribution >= 0.6 is 11.6 Å². The van der Waals surface area contributed by atoms with E-state index in [2.05, 4.69) is 15.1 Å². The number of fused-ring (bicyclic) bond motifs is 1. The number of aliphatic carboxylic acids is 1. The van der Waals surface area contributed by atoms with Crippen molar-refractivity contribution in [3.63, 3.8) is 0 Å². The first-order valence-electron chi connectivity index (χ1n) is 12.0. The van der Waals surface area contributed by atoms with E-state index in [9.17, 15) is 27.9 Å². The van der Waals surface area contributed by atoms with E-state index in [0.29, 0.717) is 29.8 Å². The molecule has 3 N–H and O–H groups in total. The average Bonchev–Trinajstić information content (AvgIpc) is 3.55. The Morgan fingerprint density at radius 2 is 1.86 bits per heavy atom. The summed E-state index contributed by atoms with van der Waals surface area (Å²) < 4.78 is 28.7. The molecule has 1 aromatic carbocycles. The van der Waals surface area contributed by atoms with Crippen molar-refractivity contribution < 1.29 is 27.9 Å². The maximum atomic E-state index is 13.4. The van der Waals surface area contributed by atoms with E-state index in [-0.39, 0.29) is 31.0 Å². The number of hydrogen-bond acceptors (Lipinski definition) is 6. The lowest BCUT2D eigenvalue weighted by Crippen LogP contribution is -2.53. The SMILES string of the molecule is CC(C)[C@@H](NS(=O)(=O)C1(CN2CCc3c(C(=O)NCc4ccc(Cl)cc4)nn(C)c3C2=O)CC1)C(=O)O. The Kier molecular flexibility index (Phi) is 7.37. The van der Waals surface area contributed by atoms with Gasteiger partial charge in [-0.25, -0.2) is 13.1 Å². The number of nitrogens with one attached hydrogen (secondary N) is 2. The standard InChI is InChI=1S/C24H30ClN5O6S/c1-14(2)18(23(33)34)28-37(35,36)24(9-10-24)13-30-11-8-17-19(27-29(3)20(17)22(30)32)21(31)26-12-15-4-6-16(25)7-5-15/h4-7,14,18,28H,8-13H2,1-3H3,(H,26,31)(H,33,34)/t18-/m1/s1. The molecule has 0 spiro atoms. The molecule has 200 valence electrons. The van der Waals surface area contributed by atoms with Crippen LogP contribution in [0, 0.1) is 5.92 Å². The molecular weight excluding hydrogens is 522 g/mol. The number of carboxylic acids is 1. The Morgan fingerprint density at radius 3 is 2.43 bits per heavy atom. The first-order chi connectivity index (χ1) is 17.3. The third kappa shape index (κ3) is 5.36. The molecule has 0 unspecified atom stereocenters. The fraction of sp³-hybridized carbons (Fsp3) is 0.500. The summed E-state index contributed by atoms with van der Waals surface area (Å²) in [7, 11) is -2.44. The highest BCUT2D eigenvalue weighted by Gasteiger charge is 2.57. The van der Waals surface area contributed by atoms with Crippen LogP contribution in [0.15, 0.2) is 24.3 Å². The van der Waals surface area contributed by atoms with Gasteiger partial charge in [0.15, 0.2) is 5.69 Å². The van der Waals surface area contributed by atoms with Gasteiger partial charge in [-0.15, -0.1) is 0 Å². The third-order valence-electron chi connectivity index (χ3n) is 6.92. The summed E-state index contributed by atoms with van der Waals surface area (Å²) in [4.78, 5) is 39.2. The molecule has 13 heteroatoms. The highest BCUT2D eigenvalue weighted by atomic mass is 35.5. The van der Waals surface area contributed by atoms with Gasteiger partial charge in [-0.1, -0.05) is 37.6 Å². The van der Waals surface area contributed by atoms with E-state index >= 15 is 0 Å². The average molecular weight is 552 g/mol. The molecule has 1 saturated carbocycles. The molecule has 2 aromatic rings. The lowest BCUT2D eigenvalue weighted by atomic mass is 10.0. The number of aryl methyl sites for hydroxylation is 1. The van der Waals surface area contributed by atoms with Crippen LogP contribution in [-0.2, 0) is 34.8 Å². The van der Waals surface area contributed by atoms with Crippen LogP contribution in [0.2, 0.25) is 5.02 Å². The summed E-state index contributed by atoms with van der Waals surface area (Å²) in [5.74, 6) is -2.51. The topological polar surface area (TPSA) is 151 Å². The number of halogens is 1. The molecular formula is C24H30ClN5O6S. The summed E-state index contributed by atoms with van der Waals surface area (Å²) in [6.07, 6.45) is 0.992. The van der Waals surface area contributed by atoms with Gasteiger partial charge >= 0.3 is 5.97 Å². The first kappa shape index (κ1) is 27.1. The van der Waals surface area contributed by atoms with Gasteiger partial charge in [0.2, 0.25) is 10.0 Å². The number of hydrogen-bond donors (Lipinski definition) is 3. The van der Waals surface area contributed by atoms with Crippen LogP contribution in [0.25, 0.3) is 0 Å². The predicted octanol–water partition coefficient (Wildman–Crippen LogP) is 1.56. The highest BCUT2D eigenvalue weighted by Crippen LogP contribution is 2.44. The third-order valence-corrected chi connectivity index (χ3v) is 9.41. The minimum atomic E-state index is -4.01. The molecule has 0 bridgehead atoms. The number of amides is 2. The van der Waals surface area contributed by atoms with Crippen LogP contribution in [0.5, 0.6) is 0 Å². The zero-order chi connectivity index (χ0) is 27.1. The van der Waals surface area contributed by atoms with E-state index in [0.717, 1.165) is 5.56 Å². The highest BCUT2D eigenvalue weighted by molar-refractivity contribution is 7.91. The summed E-state index contributed by atoms with van der Waals surface area (Å²) in [6, 6.07) is 5.80. The molecule has 37 heavy (non-hydrogen) atoms. The van der Waals surface area contributed by atoms with Gasteiger partial charge in [0.25, 0.3) is 11.8 Å². The van der Waals surface area contributed by atoms with Crippen LogP contribution in [0.3, 0.4) is 0 Å². The molecule has 1 aliphatic heterocycles. The number of carbonyl (C=O) groups is 3. The maximum Gasteiger partial charge on any atom is 0.321 e. The van der Waals surface area contributed by atoms with Crippen molar-refractivity contribution in [1.29, 1.82) is 0 Å². The Hall–Kier alpha value is -2.96. The number of sulfonamides is 1. The molecule has 4 rings (SSSR count). The first-order valence-corrected chi connectivity index (χ1v) is 13.8. The molecule has 2 heterocycles. The van der Waals surface area contributed by atoms with E-state index in [1.54, 1.807) is 45.2 Å². The quantitative estimate of drug-likeness (QED) is 0.405. The van der Waals surface area contributed by atoms with Crippen LogP contribution in [0.4, 0.5) is 0 Å². The number of rotatable bonds is 10. The molecule has 0 radical (unpaired) electrons. The summed E-state index contributed by atoms with van der Waals surface area (Å²) in [6.45, 7) is 3.68. The number of nitrogens with zero attached hydrogens (tertiary/aromatic N) is 3. The predicted molar refractivity (Wildman–Crippen MR) is 136 cm³/mol. The molecule has 1 atom stereocenters. The molecule has 1 aromatic heterocycles. The van der Waals surface area contributed by atoms with Crippen LogP contribution in [0.1, 0.15) is 58.8 Å².